The zero-order chi connectivity index (χ0) is 18.6. The van der Waals surface area contributed by atoms with E-state index in [-0.39, 0.29) is 11.7 Å². The van der Waals surface area contributed by atoms with Gasteiger partial charge < -0.3 is 4.74 Å². The van der Waals surface area contributed by atoms with Crippen molar-refractivity contribution < 1.29 is 9.13 Å². The number of fused-ring (bicyclic) bond motifs is 1. The van der Waals surface area contributed by atoms with Crippen molar-refractivity contribution in [2.24, 2.45) is 7.05 Å². The van der Waals surface area contributed by atoms with Gasteiger partial charge in [-0.2, -0.15) is 0 Å². The van der Waals surface area contributed by atoms with Gasteiger partial charge in [-0.25, -0.2) is 4.39 Å². The molecular weight excluding hydrogens is 345 g/mol. The van der Waals surface area contributed by atoms with Gasteiger partial charge in [0.15, 0.2) is 0 Å². The molecule has 0 fully saturated rings. The van der Waals surface area contributed by atoms with E-state index in [9.17, 15) is 4.39 Å². The fourth-order valence-electron chi connectivity index (χ4n) is 3.59. The van der Waals surface area contributed by atoms with E-state index in [1.54, 1.807) is 12.4 Å². The monoisotopic (exact) mass is 367 g/mol. The first-order valence-corrected chi connectivity index (χ1v) is 9.01. The van der Waals surface area contributed by atoms with E-state index in [1.807, 2.05) is 36.0 Å². The number of benzene rings is 1. The maximum atomic E-state index is 13.2. The zero-order valence-corrected chi connectivity index (χ0v) is 15.3. The Hall–Kier alpha value is -2.64. The van der Waals surface area contributed by atoms with Crippen LogP contribution in [0.4, 0.5) is 4.39 Å². The summed E-state index contributed by atoms with van der Waals surface area (Å²) in [5.74, 6) is -0.0213. The third-order valence-corrected chi connectivity index (χ3v) is 4.84. The second kappa shape index (κ2) is 7.94. The summed E-state index contributed by atoms with van der Waals surface area (Å²) in [7, 11) is 1.93. The van der Waals surface area contributed by atoms with Crippen molar-refractivity contribution in [2.45, 2.75) is 25.6 Å². The van der Waals surface area contributed by atoms with Crippen LogP contribution in [0.5, 0.6) is 0 Å². The molecule has 0 N–H and O–H groups in total. The molecule has 0 amide bonds. The fourth-order valence-corrected chi connectivity index (χ4v) is 3.59. The van der Waals surface area contributed by atoms with E-state index in [2.05, 4.69) is 20.2 Å². The van der Waals surface area contributed by atoms with Gasteiger partial charge in [0.2, 0.25) is 0 Å². The Morgan fingerprint density at radius 2 is 1.89 bits per heavy atom. The summed E-state index contributed by atoms with van der Waals surface area (Å²) >= 11 is 0. The minimum Gasteiger partial charge on any atom is -0.376 e. The van der Waals surface area contributed by atoms with Crippen molar-refractivity contribution in [1.29, 1.82) is 0 Å². The standard InChI is InChI=1S/C20H22FN5O/c1-25-20-17(14-27-13-16-6-8-22-9-7-16)11-26(12-19(20)23-24-25)10-15-2-4-18(21)5-3-15/h2-9,17H,10-14H2,1H3. The van der Waals surface area contributed by atoms with Crippen molar-refractivity contribution in [3.05, 3.63) is 77.1 Å². The van der Waals surface area contributed by atoms with E-state index in [4.69, 9.17) is 4.74 Å². The Kier molecular flexibility index (Phi) is 5.22. The highest BCUT2D eigenvalue weighted by molar-refractivity contribution is 5.21. The smallest absolute Gasteiger partial charge is 0.123 e. The molecule has 1 atom stereocenters. The summed E-state index contributed by atoms with van der Waals surface area (Å²) < 4.78 is 21.0. The zero-order valence-electron chi connectivity index (χ0n) is 15.3. The van der Waals surface area contributed by atoms with Crippen LogP contribution in [0.3, 0.4) is 0 Å². The van der Waals surface area contributed by atoms with E-state index >= 15 is 0 Å². The maximum Gasteiger partial charge on any atom is 0.123 e. The Balaban J connectivity index is 1.44. The summed E-state index contributed by atoms with van der Waals surface area (Å²) in [4.78, 5) is 6.34. The number of nitrogens with zero attached hydrogens (tertiary/aromatic N) is 5. The van der Waals surface area contributed by atoms with Crippen LogP contribution in [0.2, 0.25) is 0 Å². The molecule has 0 saturated carbocycles. The lowest BCUT2D eigenvalue weighted by Gasteiger charge is -2.32. The average molecular weight is 367 g/mol. The van der Waals surface area contributed by atoms with Gasteiger partial charge in [0.25, 0.3) is 0 Å². The molecule has 27 heavy (non-hydrogen) atoms. The van der Waals surface area contributed by atoms with Crippen LogP contribution in [0.1, 0.15) is 28.4 Å². The Morgan fingerprint density at radius 3 is 2.67 bits per heavy atom. The Labute approximate surface area is 157 Å². The second-order valence-electron chi connectivity index (χ2n) is 6.91. The summed E-state index contributed by atoms with van der Waals surface area (Å²) in [6, 6.07) is 10.6. The van der Waals surface area contributed by atoms with Gasteiger partial charge in [0.1, 0.15) is 11.5 Å². The van der Waals surface area contributed by atoms with Crippen LogP contribution in [-0.4, -0.2) is 38.0 Å². The van der Waals surface area contributed by atoms with Gasteiger partial charge in [0.05, 0.1) is 18.9 Å². The summed E-state index contributed by atoms with van der Waals surface area (Å²) in [5, 5.41) is 8.52. The highest BCUT2D eigenvalue weighted by atomic mass is 19.1. The molecule has 1 unspecified atom stereocenters. The van der Waals surface area contributed by atoms with E-state index in [0.29, 0.717) is 13.2 Å². The van der Waals surface area contributed by atoms with Crippen LogP contribution < -0.4 is 0 Å². The number of aryl methyl sites for hydroxylation is 1. The lowest BCUT2D eigenvalue weighted by Crippen LogP contribution is -2.36. The first-order valence-electron chi connectivity index (χ1n) is 9.01. The summed E-state index contributed by atoms with van der Waals surface area (Å²) in [6.45, 7) is 3.48. The largest absolute Gasteiger partial charge is 0.376 e. The highest BCUT2D eigenvalue weighted by Gasteiger charge is 2.30. The number of hydrogen-bond acceptors (Lipinski definition) is 5. The van der Waals surface area contributed by atoms with Gasteiger partial charge in [-0.3, -0.25) is 14.6 Å². The lowest BCUT2D eigenvalue weighted by atomic mass is 9.98. The molecule has 1 aliphatic heterocycles. The minimum absolute atomic E-state index is 0.191. The molecular formula is C20H22FN5O. The SMILES string of the molecule is Cn1nnc2c1C(COCc1ccncc1)CN(Cc1ccc(F)cc1)C2. The normalized spacial score (nSPS) is 17.0. The second-order valence-corrected chi connectivity index (χ2v) is 6.91. The lowest BCUT2D eigenvalue weighted by molar-refractivity contribution is 0.0829. The maximum absolute atomic E-state index is 13.2. The third kappa shape index (κ3) is 4.20. The van der Waals surface area contributed by atoms with Crippen molar-refractivity contribution in [1.82, 2.24) is 24.9 Å². The van der Waals surface area contributed by atoms with Crippen molar-refractivity contribution >= 4 is 0 Å². The first kappa shape index (κ1) is 17.8. The van der Waals surface area contributed by atoms with Crippen LogP contribution in [0.15, 0.2) is 48.8 Å². The third-order valence-electron chi connectivity index (χ3n) is 4.84. The number of rotatable bonds is 6. The number of aromatic nitrogens is 4. The van der Waals surface area contributed by atoms with E-state index in [0.717, 1.165) is 42.1 Å². The highest BCUT2D eigenvalue weighted by Crippen LogP contribution is 2.28. The topological polar surface area (TPSA) is 56.1 Å². The molecule has 2 aromatic heterocycles. The van der Waals surface area contributed by atoms with E-state index in [1.165, 1.54) is 12.1 Å². The molecule has 4 rings (SSSR count). The van der Waals surface area contributed by atoms with Gasteiger partial charge in [-0.05, 0) is 35.4 Å². The first-order chi connectivity index (χ1) is 13.2. The molecule has 0 saturated heterocycles. The molecule has 7 heteroatoms. The molecule has 0 bridgehead atoms. The number of hydrogen-bond donors (Lipinski definition) is 0. The van der Waals surface area contributed by atoms with Crippen LogP contribution >= 0.6 is 0 Å². The van der Waals surface area contributed by atoms with Crippen molar-refractivity contribution in [2.75, 3.05) is 13.2 Å². The van der Waals surface area contributed by atoms with Gasteiger partial charge in [0, 0.05) is 45.0 Å². The van der Waals surface area contributed by atoms with E-state index < -0.39 is 0 Å². The predicted octanol–water partition coefficient (Wildman–Crippen LogP) is 2.67. The van der Waals surface area contributed by atoms with Crippen LogP contribution in [-0.2, 0) is 31.5 Å². The molecule has 0 radical (unpaired) electrons. The number of halogens is 1. The van der Waals surface area contributed by atoms with Gasteiger partial charge in [-0.15, -0.1) is 5.10 Å². The van der Waals surface area contributed by atoms with Crippen LogP contribution in [0, 0.1) is 5.82 Å². The summed E-state index contributed by atoms with van der Waals surface area (Å²) in [6.07, 6.45) is 3.54. The van der Waals surface area contributed by atoms with Crippen molar-refractivity contribution in [3.63, 3.8) is 0 Å². The molecule has 1 aromatic carbocycles. The van der Waals surface area contributed by atoms with Gasteiger partial charge >= 0.3 is 0 Å². The molecule has 6 nitrogen and oxygen atoms in total. The minimum atomic E-state index is -0.212. The quantitative estimate of drug-likeness (QED) is 0.670. The summed E-state index contributed by atoms with van der Waals surface area (Å²) in [5.41, 5.74) is 4.32. The molecule has 3 aromatic rings. The number of ether oxygens (including phenoxy) is 1. The number of pyridine rings is 1. The Morgan fingerprint density at radius 1 is 1.11 bits per heavy atom. The van der Waals surface area contributed by atoms with Crippen LogP contribution in [0.25, 0.3) is 0 Å². The molecule has 0 aliphatic carbocycles. The van der Waals surface area contributed by atoms with Gasteiger partial charge in [-0.1, -0.05) is 17.3 Å². The molecule has 3 heterocycles. The molecule has 140 valence electrons. The average Bonchev–Trinajstić information content (AvgIpc) is 3.05. The van der Waals surface area contributed by atoms with Crippen molar-refractivity contribution in [3.8, 4) is 0 Å². The Bertz CT molecular complexity index is 881. The predicted molar refractivity (Wildman–Crippen MR) is 98.2 cm³/mol. The molecule has 0 spiro atoms. The fraction of sp³-hybridized carbons (Fsp3) is 0.350. The molecule has 1 aliphatic rings.